The molecule has 7 nitrogen and oxygen atoms in total. The van der Waals surface area contributed by atoms with Gasteiger partial charge in [0.2, 0.25) is 5.91 Å². The summed E-state index contributed by atoms with van der Waals surface area (Å²) >= 11 is 0. The zero-order chi connectivity index (χ0) is 15.2. The molecule has 0 aliphatic carbocycles. The van der Waals surface area contributed by atoms with Crippen LogP contribution in [0, 0.1) is 0 Å². The molecule has 0 saturated heterocycles. The standard InChI is InChI=1S/C14H19N5O2.ClH/c1-10(15-2)9-16-13(20)7-8-19-14(21)11-5-3-4-6-12(11)17-18-19;/h3-6,10,15H,7-9H2,1-2H3,(H,16,20);1H. The van der Waals surface area contributed by atoms with E-state index in [0.717, 1.165) is 0 Å². The molecule has 0 saturated carbocycles. The molecule has 1 amide bonds. The Hall–Kier alpha value is -1.99. The van der Waals surface area contributed by atoms with Gasteiger partial charge >= 0.3 is 0 Å². The fourth-order valence-corrected chi connectivity index (χ4v) is 1.83. The highest BCUT2D eigenvalue weighted by atomic mass is 35.5. The quantitative estimate of drug-likeness (QED) is 0.799. The molecule has 2 aromatic rings. The average Bonchev–Trinajstić information content (AvgIpc) is 2.52. The zero-order valence-electron chi connectivity index (χ0n) is 12.6. The van der Waals surface area contributed by atoms with Gasteiger partial charge in [0, 0.05) is 19.0 Å². The summed E-state index contributed by atoms with van der Waals surface area (Å²) in [6.45, 7) is 2.74. The van der Waals surface area contributed by atoms with Gasteiger partial charge in [-0.25, -0.2) is 4.68 Å². The van der Waals surface area contributed by atoms with E-state index in [9.17, 15) is 9.59 Å². The number of amides is 1. The number of carbonyl (C=O) groups is 1. The van der Waals surface area contributed by atoms with E-state index in [4.69, 9.17) is 0 Å². The lowest BCUT2D eigenvalue weighted by molar-refractivity contribution is -0.121. The maximum absolute atomic E-state index is 12.2. The van der Waals surface area contributed by atoms with Gasteiger partial charge in [0.1, 0.15) is 5.52 Å². The summed E-state index contributed by atoms with van der Waals surface area (Å²) in [7, 11) is 1.83. The summed E-state index contributed by atoms with van der Waals surface area (Å²) < 4.78 is 1.23. The number of likely N-dealkylation sites (N-methyl/N-ethyl adjacent to an activating group) is 1. The maximum atomic E-state index is 12.2. The Morgan fingerprint density at radius 2 is 2.09 bits per heavy atom. The minimum atomic E-state index is -0.225. The average molecular weight is 326 g/mol. The van der Waals surface area contributed by atoms with Gasteiger partial charge in [-0.2, -0.15) is 0 Å². The third-order valence-corrected chi connectivity index (χ3v) is 3.28. The monoisotopic (exact) mass is 325 g/mol. The smallest absolute Gasteiger partial charge is 0.277 e. The highest BCUT2D eigenvalue weighted by Gasteiger charge is 2.08. The minimum absolute atomic E-state index is 0. The first-order chi connectivity index (χ1) is 10.1. The Balaban J connectivity index is 0.00000242. The number of fused-ring (bicyclic) bond motifs is 1. The number of nitrogens with zero attached hydrogens (tertiary/aromatic N) is 3. The fourth-order valence-electron chi connectivity index (χ4n) is 1.83. The van der Waals surface area contributed by atoms with Crippen LogP contribution in [0.1, 0.15) is 13.3 Å². The Labute approximate surface area is 134 Å². The van der Waals surface area contributed by atoms with E-state index in [1.54, 1.807) is 24.3 Å². The number of aryl methyl sites for hydroxylation is 1. The molecule has 8 heteroatoms. The predicted octanol–water partition coefficient (Wildman–Crippen LogP) is 0.328. The van der Waals surface area contributed by atoms with E-state index in [-0.39, 0.29) is 42.9 Å². The number of halogens is 1. The molecule has 120 valence electrons. The Bertz CT molecular complexity index is 688. The van der Waals surface area contributed by atoms with E-state index < -0.39 is 0 Å². The second-order valence-corrected chi connectivity index (χ2v) is 4.88. The number of hydrogen-bond acceptors (Lipinski definition) is 5. The van der Waals surface area contributed by atoms with Crippen LogP contribution in [0.2, 0.25) is 0 Å². The van der Waals surface area contributed by atoms with E-state index >= 15 is 0 Å². The first kappa shape index (κ1) is 18.1. The van der Waals surface area contributed by atoms with Gasteiger partial charge < -0.3 is 10.6 Å². The van der Waals surface area contributed by atoms with Crippen LogP contribution in [0.4, 0.5) is 0 Å². The van der Waals surface area contributed by atoms with Crippen molar-refractivity contribution in [1.29, 1.82) is 0 Å². The molecular weight excluding hydrogens is 306 g/mol. The lowest BCUT2D eigenvalue weighted by Gasteiger charge is -2.11. The predicted molar refractivity (Wildman–Crippen MR) is 87.2 cm³/mol. The molecule has 2 rings (SSSR count). The van der Waals surface area contributed by atoms with Crippen molar-refractivity contribution >= 4 is 29.2 Å². The summed E-state index contributed by atoms with van der Waals surface area (Å²) in [5.41, 5.74) is 0.336. The second kappa shape index (κ2) is 8.45. The van der Waals surface area contributed by atoms with Crippen LogP contribution >= 0.6 is 12.4 Å². The third kappa shape index (κ3) is 4.51. The largest absolute Gasteiger partial charge is 0.354 e. The van der Waals surface area contributed by atoms with Crippen molar-refractivity contribution in [3.05, 3.63) is 34.6 Å². The molecule has 0 bridgehead atoms. The van der Waals surface area contributed by atoms with Gasteiger partial charge in [-0.1, -0.05) is 17.3 Å². The number of hydrogen-bond donors (Lipinski definition) is 2. The fraction of sp³-hybridized carbons (Fsp3) is 0.429. The summed E-state index contributed by atoms with van der Waals surface area (Å²) in [5.74, 6) is -0.112. The van der Waals surface area contributed by atoms with Crippen LogP contribution in [0.15, 0.2) is 29.1 Å². The highest BCUT2D eigenvalue weighted by molar-refractivity contribution is 5.85. The van der Waals surface area contributed by atoms with E-state index in [1.807, 2.05) is 14.0 Å². The normalized spacial score (nSPS) is 11.7. The molecule has 0 aliphatic rings. The van der Waals surface area contributed by atoms with Crippen molar-refractivity contribution in [3.63, 3.8) is 0 Å². The van der Waals surface area contributed by atoms with Crippen molar-refractivity contribution in [3.8, 4) is 0 Å². The summed E-state index contributed by atoms with van der Waals surface area (Å²) in [6, 6.07) is 7.23. The molecule has 2 N–H and O–H groups in total. The molecule has 0 radical (unpaired) electrons. The molecule has 0 spiro atoms. The van der Waals surface area contributed by atoms with Crippen LogP contribution in [0.3, 0.4) is 0 Å². The van der Waals surface area contributed by atoms with E-state index in [2.05, 4.69) is 20.9 Å². The van der Waals surface area contributed by atoms with E-state index in [1.165, 1.54) is 4.68 Å². The molecule has 0 aliphatic heterocycles. The molecule has 1 atom stereocenters. The van der Waals surface area contributed by atoms with Gasteiger partial charge in [-0.3, -0.25) is 9.59 Å². The van der Waals surface area contributed by atoms with Crippen LogP contribution in [-0.4, -0.2) is 40.5 Å². The molecule has 1 aromatic carbocycles. The number of carbonyl (C=O) groups excluding carboxylic acids is 1. The van der Waals surface area contributed by atoms with Gasteiger partial charge in [0.25, 0.3) is 5.56 Å². The van der Waals surface area contributed by atoms with Crippen molar-refractivity contribution < 1.29 is 4.79 Å². The topological polar surface area (TPSA) is 88.9 Å². The number of benzene rings is 1. The van der Waals surface area contributed by atoms with Gasteiger partial charge in [0.15, 0.2) is 0 Å². The second-order valence-electron chi connectivity index (χ2n) is 4.88. The van der Waals surface area contributed by atoms with Gasteiger partial charge in [0.05, 0.1) is 11.9 Å². The van der Waals surface area contributed by atoms with Crippen LogP contribution < -0.4 is 16.2 Å². The first-order valence-electron chi connectivity index (χ1n) is 6.88. The number of aromatic nitrogens is 3. The maximum Gasteiger partial charge on any atom is 0.277 e. The Morgan fingerprint density at radius 3 is 2.82 bits per heavy atom. The molecule has 22 heavy (non-hydrogen) atoms. The zero-order valence-corrected chi connectivity index (χ0v) is 13.4. The Morgan fingerprint density at radius 1 is 1.36 bits per heavy atom. The molecule has 1 heterocycles. The Kier molecular flexibility index (Phi) is 6.94. The van der Waals surface area contributed by atoms with Gasteiger partial charge in [-0.05, 0) is 26.1 Å². The number of rotatable bonds is 6. The summed E-state index contributed by atoms with van der Waals surface area (Å²) in [5, 5.41) is 14.2. The third-order valence-electron chi connectivity index (χ3n) is 3.28. The van der Waals surface area contributed by atoms with Crippen molar-refractivity contribution in [2.45, 2.75) is 25.9 Å². The molecule has 1 aromatic heterocycles. The number of nitrogens with one attached hydrogen (secondary N) is 2. The van der Waals surface area contributed by atoms with Crippen LogP contribution in [-0.2, 0) is 11.3 Å². The van der Waals surface area contributed by atoms with Crippen molar-refractivity contribution in [2.75, 3.05) is 13.6 Å². The first-order valence-corrected chi connectivity index (χ1v) is 6.88. The summed E-state index contributed by atoms with van der Waals surface area (Å²) in [6.07, 6.45) is 0.198. The molecule has 1 unspecified atom stereocenters. The lowest BCUT2D eigenvalue weighted by Crippen LogP contribution is -2.38. The van der Waals surface area contributed by atoms with E-state index in [0.29, 0.717) is 17.4 Å². The summed E-state index contributed by atoms with van der Waals surface area (Å²) in [4.78, 5) is 23.9. The van der Waals surface area contributed by atoms with Crippen LogP contribution in [0.5, 0.6) is 0 Å². The minimum Gasteiger partial charge on any atom is -0.354 e. The van der Waals surface area contributed by atoms with Crippen molar-refractivity contribution in [1.82, 2.24) is 25.6 Å². The SMILES string of the molecule is CNC(C)CNC(=O)CCn1nnc2ccccc2c1=O.Cl. The van der Waals surface area contributed by atoms with Crippen LogP contribution in [0.25, 0.3) is 10.9 Å². The molecular formula is C14H20ClN5O2. The van der Waals surface area contributed by atoms with Gasteiger partial charge in [-0.15, -0.1) is 17.5 Å². The van der Waals surface area contributed by atoms with Crippen molar-refractivity contribution in [2.24, 2.45) is 0 Å². The highest BCUT2D eigenvalue weighted by Crippen LogP contribution is 2.03. The lowest BCUT2D eigenvalue weighted by atomic mass is 10.2. The molecule has 0 fully saturated rings.